The largest absolute Gasteiger partial charge is 0.487 e. The minimum atomic E-state index is 0.377. The average molecular weight is 268 g/mol. The Hall–Kier alpha value is -1.25. The minimum Gasteiger partial charge on any atom is -0.487 e. The van der Waals surface area contributed by atoms with Crippen LogP contribution < -0.4 is 4.74 Å². The SMILES string of the molecule is Cc1ccc(Cl)cc1OCc1cccc(Cl)n1. The molecule has 0 saturated carbocycles. The van der Waals surface area contributed by atoms with Gasteiger partial charge in [0.25, 0.3) is 0 Å². The van der Waals surface area contributed by atoms with E-state index in [9.17, 15) is 0 Å². The van der Waals surface area contributed by atoms with Crippen molar-refractivity contribution in [1.82, 2.24) is 4.98 Å². The van der Waals surface area contributed by atoms with E-state index in [0.29, 0.717) is 16.8 Å². The maximum atomic E-state index is 5.91. The molecule has 4 heteroatoms. The maximum absolute atomic E-state index is 5.91. The summed E-state index contributed by atoms with van der Waals surface area (Å²) in [6.07, 6.45) is 0. The van der Waals surface area contributed by atoms with Gasteiger partial charge in [0.05, 0.1) is 5.69 Å². The second-order valence-electron chi connectivity index (χ2n) is 3.65. The summed E-state index contributed by atoms with van der Waals surface area (Å²) in [5.74, 6) is 0.763. The van der Waals surface area contributed by atoms with Crippen LogP contribution in [0, 0.1) is 6.92 Å². The second kappa shape index (κ2) is 5.39. The van der Waals surface area contributed by atoms with Crippen LogP contribution in [0.3, 0.4) is 0 Å². The molecule has 1 aromatic carbocycles. The van der Waals surface area contributed by atoms with Crippen molar-refractivity contribution < 1.29 is 4.74 Å². The first-order valence-electron chi connectivity index (χ1n) is 5.15. The molecule has 1 aromatic heterocycles. The first-order chi connectivity index (χ1) is 8.15. The van der Waals surface area contributed by atoms with Gasteiger partial charge in [-0.3, -0.25) is 0 Å². The number of hydrogen-bond donors (Lipinski definition) is 0. The Labute approximate surface area is 110 Å². The van der Waals surface area contributed by atoms with E-state index in [2.05, 4.69) is 4.98 Å². The predicted octanol–water partition coefficient (Wildman–Crippen LogP) is 4.28. The molecule has 88 valence electrons. The lowest BCUT2D eigenvalue weighted by atomic mass is 10.2. The van der Waals surface area contributed by atoms with Gasteiger partial charge in [-0.15, -0.1) is 0 Å². The molecule has 1 heterocycles. The van der Waals surface area contributed by atoms with Gasteiger partial charge >= 0.3 is 0 Å². The van der Waals surface area contributed by atoms with Gasteiger partial charge in [-0.25, -0.2) is 4.98 Å². The summed E-state index contributed by atoms with van der Waals surface area (Å²) in [5.41, 5.74) is 1.83. The second-order valence-corrected chi connectivity index (χ2v) is 4.47. The fourth-order valence-corrected chi connectivity index (χ4v) is 1.76. The van der Waals surface area contributed by atoms with Gasteiger partial charge in [-0.05, 0) is 36.8 Å². The van der Waals surface area contributed by atoms with Crippen LogP contribution >= 0.6 is 23.2 Å². The zero-order chi connectivity index (χ0) is 12.3. The van der Waals surface area contributed by atoms with Crippen LogP contribution in [0.1, 0.15) is 11.3 Å². The average Bonchev–Trinajstić information content (AvgIpc) is 2.30. The van der Waals surface area contributed by atoms with Crippen molar-refractivity contribution in [3.05, 3.63) is 57.8 Å². The van der Waals surface area contributed by atoms with Gasteiger partial charge in [-0.1, -0.05) is 35.3 Å². The van der Waals surface area contributed by atoms with Crippen molar-refractivity contribution in [2.45, 2.75) is 13.5 Å². The molecule has 0 spiro atoms. The van der Waals surface area contributed by atoms with Gasteiger partial charge < -0.3 is 4.74 Å². The van der Waals surface area contributed by atoms with E-state index < -0.39 is 0 Å². The van der Waals surface area contributed by atoms with Crippen LogP contribution in [0.2, 0.25) is 10.2 Å². The van der Waals surface area contributed by atoms with Crippen molar-refractivity contribution in [2.24, 2.45) is 0 Å². The molecule has 2 nitrogen and oxygen atoms in total. The summed E-state index contributed by atoms with van der Waals surface area (Å²) < 4.78 is 5.65. The van der Waals surface area contributed by atoms with Crippen LogP contribution in [0.15, 0.2) is 36.4 Å². The van der Waals surface area contributed by atoms with Crippen molar-refractivity contribution in [3.8, 4) is 5.75 Å². The van der Waals surface area contributed by atoms with Crippen LogP contribution in [0.5, 0.6) is 5.75 Å². The summed E-state index contributed by atoms with van der Waals surface area (Å²) in [6, 6.07) is 11.0. The van der Waals surface area contributed by atoms with Crippen molar-refractivity contribution in [3.63, 3.8) is 0 Å². The van der Waals surface area contributed by atoms with E-state index in [1.165, 1.54) is 0 Å². The minimum absolute atomic E-state index is 0.377. The summed E-state index contributed by atoms with van der Waals surface area (Å²) in [5, 5.41) is 1.12. The van der Waals surface area contributed by atoms with E-state index in [1.54, 1.807) is 12.1 Å². The van der Waals surface area contributed by atoms with Crippen molar-refractivity contribution in [2.75, 3.05) is 0 Å². The quantitative estimate of drug-likeness (QED) is 0.775. The molecule has 0 bridgehead atoms. The third kappa shape index (κ3) is 3.35. The van der Waals surface area contributed by atoms with E-state index in [0.717, 1.165) is 17.0 Å². The fraction of sp³-hybridized carbons (Fsp3) is 0.154. The van der Waals surface area contributed by atoms with Crippen LogP contribution in [0.25, 0.3) is 0 Å². The molecule has 0 fully saturated rings. The highest BCUT2D eigenvalue weighted by atomic mass is 35.5. The molecule has 0 N–H and O–H groups in total. The number of aromatic nitrogens is 1. The number of ether oxygens (including phenoxy) is 1. The van der Waals surface area contributed by atoms with Gasteiger partial charge in [0.1, 0.15) is 17.5 Å². The zero-order valence-corrected chi connectivity index (χ0v) is 10.8. The number of rotatable bonds is 3. The summed E-state index contributed by atoms with van der Waals surface area (Å²) in [4.78, 5) is 4.15. The molecule has 0 saturated heterocycles. The Morgan fingerprint density at radius 3 is 2.76 bits per heavy atom. The van der Waals surface area contributed by atoms with E-state index in [1.807, 2.05) is 31.2 Å². The summed E-state index contributed by atoms with van der Waals surface area (Å²) in [6.45, 7) is 2.35. The normalized spacial score (nSPS) is 10.3. The van der Waals surface area contributed by atoms with Gasteiger partial charge in [0.2, 0.25) is 0 Å². The Kier molecular flexibility index (Phi) is 3.87. The lowest BCUT2D eigenvalue weighted by Crippen LogP contribution is -1.99. The van der Waals surface area contributed by atoms with E-state index >= 15 is 0 Å². The Morgan fingerprint density at radius 2 is 2.00 bits per heavy atom. The number of halogens is 2. The highest BCUT2D eigenvalue weighted by Crippen LogP contribution is 2.23. The van der Waals surface area contributed by atoms with E-state index in [-0.39, 0.29) is 0 Å². The molecule has 0 aliphatic rings. The topological polar surface area (TPSA) is 22.1 Å². The van der Waals surface area contributed by atoms with E-state index in [4.69, 9.17) is 27.9 Å². The lowest BCUT2D eigenvalue weighted by molar-refractivity contribution is 0.299. The van der Waals surface area contributed by atoms with Gasteiger partial charge in [0, 0.05) is 5.02 Å². The first kappa shape index (κ1) is 12.2. The predicted molar refractivity (Wildman–Crippen MR) is 69.8 cm³/mol. The molecule has 2 aromatic rings. The molecule has 17 heavy (non-hydrogen) atoms. The smallest absolute Gasteiger partial charge is 0.130 e. The summed E-state index contributed by atoms with van der Waals surface area (Å²) in [7, 11) is 0. The molecule has 0 aliphatic heterocycles. The van der Waals surface area contributed by atoms with Crippen LogP contribution in [0.4, 0.5) is 0 Å². The molecular weight excluding hydrogens is 257 g/mol. The molecule has 0 radical (unpaired) electrons. The molecule has 2 rings (SSSR count). The van der Waals surface area contributed by atoms with Crippen molar-refractivity contribution >= 4 is 23.2 Å². The number of benzene rings is 1. The molecule has 0 aliphatic carbocycles. The third-order valence-corrected chi connectivity index (χ3v) is 2.74. The number of nitrogens with zero attached hydrogens (tertiary/aromatic N) is 1. The number of aryl methyl sites for hydroxylation is 1. The highest BCUT2D eigenvalue weighted by molar-refractivity contribution is 6.30. The molecule has 0 amide bonds. The van der Waals surface area contributed by atoms with Crippen LogP contribution in [-0.2, 0) is 6.61 Å². The van der Waals surface area contributed by atoms with Gasteiger partial charge in [-0.2, -0.15) is 0 Å². The zero-order valence-electron chi connectivity index (χ0n) is 9.28. The molecule has 0 unspecified atom stereocenters. The number of hydrogen-bond acceptors (Lipinski definition) is 2. The standard InChI is InChI=1S/C13H11Cl2NO/c1-9-5-6-10(14)7-12(9)17-8-11-3-2-4-13(15)16-11/h2-7H,8H2,1H3. The Balaban J connectivity index is 2.09. The highest BCUT2D eigenvalue weighted by Gasteiger charge is 2.02. The third-order valence-electron chi connectivity index (χ3n) is 2.30. The van der Waals surface area contributed by atoms with Gasteiger partial charge in [0.15, 0.2) is 0 Å². The van der Waals surface area contributed by atoms with Crippen LogP contribution in [-0.4, -0.2) is 4.98 Å². The number of pyridine rings is 1. The fourth-order valence-electron chi connectivity index (χ4n) is 1.41. The monoisotopic (exact) mass is 267 g/mol. The maximum Gasteiger partial charge on any atom is 0.130 e. The Morgan fingerprint density at radius 1 is 1.18 bits per heavy atom. The Bertz CT molecular complexity index is 529. The molecule has 0 atom stereocenters. The molecular formula is C13H11Cl2NO. The lowest BCUT2D eigenvalue weighted by Gasteiger charge is -2.09. The summed E-state index contributed by atoms with van der Waals surface area (Å²) >= 11 is 11.7. The first-order valence-corrected chi connectivity index (χ1v) is 5.91. The van der Waals surface area contributed by atoms with Crippen molar-refractivity contribution in [1.29, 1.82) is 0 Å².